The van der Waals surface area contributed by atoms with Crippen LogP contribution < -0.4 is 10.2 Å². The Morgan fingerprint density at radius 1 is 1.47 bits per heavy atom. The number of anilines is 1. The van der Waals surface area contributed by atoms with E-state index in [1.165, 1.54) is 24.1 Å². The van der Waals surface area contributed by atoms with Gasteiger partial charge in [-0.05, 0) is 32.3 Å². The molecule has 1 aliphatic heterocycles. The Kier molecular flexibility index (Phi) is 3.99. The summed E-state index contributed by atoms with van der Waals surface area (Å²) >= 11 is 0. The Bertz CT molecular complexity index is 420. The standard InChI is InChI=1S/C15H23N3O/c1-12-11-18(7-2-8-19-12)15-5-6-16-9-13(15)10-17-14-3-4-14/h5-6,9,12,14,17H,2-4,7-8,10-11H2,1H3. The van der Waals surface area contributed by atoms with Crippen LogP contribution in [-0.2, 0) is 11.3 Å². The second kappa shape index (κ2) is 5.88. The van der Waals surface area contributed by atoms with E-state index in [9.17, 15) is 0 Å². The average molecular weight is 261 g/mol. The van der Waals surface area contributed by atoms with E-state index in [0.717, 1.165) is 38.7 Å². The maximum absolute atomic E-state index is 5.73. The molecule has 19 heavy (non-hydrogen) atoms. The predicted molar refractivity (Wildman–Crippen MR) is 76.3 cm³/mol. The topological polar surface area (TPSA) is 37.4 Å². The van der Waals surface area contributed by atoms with Gasteiger partial charge in [0.25, 0.3) is 0 Å². The van der Waals surface area contributed by atoms with Crippen LogP contribution in [0.25, 0.3) is 0 Å². The van der Waals surface area contributed by atoms with Crippen molar-refractivity contribution in [1.29, 1.82) is 0 Å². The fourth-order valence-corrected chi connectivity index (χ4v) is 2.62. The number of rotatable bonds is 4. The van der Waals surface area contributed by atoms with Crippen LogP contribution in [0.1, 0.15) is 31.7 Å². The second-order valence-corrected chi connectivity index (χ2v) is 5.64. The number of pyridine rings is 1. The van der Waals surface area contributed by atoms with E-state index < -0.39 is 0 Å². The first-order valence-electron chi connectivity index (χ1n) is 7.36. The summed E-state index contributed by atoms with van der Waals surface area (Å²) in [5.74, 6) is 0. The summed E-state index contributed by atoms with van der Waals surface area (Å²) in [6.07, 6.45) is 7.95. The van der Waals surface area contributed by atoms with Gasteiger partial charge >= 0.3 is 0 Å². The summed E-state index contributed by atoms with van der Waals surface area (Å²) in [7, 11) is 0. The fraction of sp³-hybridized carbons (Fsp3) is 0.667. The van der Waals surface area contributed by atoms with Gasteiger partial charge < -0.3 is 15.0 Å². The van der Waals surface area contributed by atoms with Gasteiger partial charge in [-0.1, -0.05) is 0 Å². The third-order valence-corrected chi connectivity index (χ3v) is 3.83. The molecule has 0 bridgehead atoms. The Labute approximate surface area is 115 Å². The van der Waals surface area contributed by atoms with Gasteiger partial charge in [0, 0.05) is 55.9 Å². The normalized spacial score (nSPS) is 24.3. The first-order valence-corrected chi connectivity index (χ1v) is 7.36. The minimum atomic E-state index is 0.305. The van der Waals surface area contributed by atoms with Crippen molar-refractivity contribution in [2.75, 3.05) is 24.6 Å². The zero-order valence-corrected chi connectivity index (χ0v) is 11.6. The van der Waals surface area contributed by atoms with Gasteiger partial charge in [-0.25, -0.2) is 0 Å². The molecule has 1 unspecified atom stereocenters. The molecular formula is C15H23N3O. The zero-order valence-electron chi connectivity index (χ0n) is 11.6. The van der Waals surface area contributed by atoms with Gasteiger partial charge in [-0.3, -0.25) is 4.98 Å². The van der Waals surface area contributed by atoms with Crippen molar-refractivity contribution in [3.63, 3.8) is 0 Å². The lowest BCUT2D eigenvalue weighted by Gasteiger charge is -2.26. The minimum Gasteiger partial charge on any atom is -0.377 e. The van der Waals surface area contributed by atoms with Gasteiger partial charge in [-0.2, -0.15) is 0 Å². The fourth-order valence-electron chi connectivity index (χ4n) is 2.62. The van der Waals surface area contributed by atoms with Crippen molar-refractivity contribution in [2.24, 2.45) is 0 Å². The van der Waals surface area contributed by atoms with E-state index >= 15 is 0 Å². The maximum atomic E-state index is 5.73. The number of nitrogens with one attached hydrogen (secondary N) is 1. The van der Waals surface area contributed by atoms with E-state index in [2.05, 4.69) is 28.2 Å². The lowest BCUT2D eigenvalue weighted by atomic mass is 10.2. The highest BCUT2D eigenvalue weighted by atomic mass is 16.5. The molecule has 0 radical (unpaired) electrons. The first kappa shape index (κ1) is 12.9. The van der Waals surface area contributed by atoms with Crippen molar-refractivity contribution in [3.05, 3.63) is 24.0 Å². The van der Waals surface area contributed by atoms with Crippen LogP contribution in [0.15, 0.2) is 18.5 Å². The van der Waals surface area contributed by atoms with E-state index in [4.69, 9.17) is 4.74 Å². The van der Waals surface area contributed by atoms with Gasteiger partial charge in [-0.15, -0.1) is 0 Å². The van der Waals surface area contributed by atoms with Crippen molar-refractivity contribution in [2.45, 2.75) is 44.9 Å². The summed E-state index contributed by atoms with van der Waals surface area (Å²) < 4.78 is 5.73. The van der Waals surface area contributed by atoms with Gasteiger partial charge in [0.15, 0.2) is 0 Å². The van der Waals surface area contributed by atoms with Crippen LogP contribution >= 0.6 is 0 Å². The van der Waals surface area contributed by atoms with E-state index in [1.807, 2.05) is 12.4 Å². The Morgan fingerprint density at radius 3 is 3.21 bits per heavy atom. The SMILES string of the molecule is CC1CN(c2ccncc2CNC2CC2)CCCO1. The highest BCUT2D eigenvalue weighted by molar-refractivity contribution is 5.52. The van der Waals surface area contributed by atoms with Crippen molar-refractivity contribution >= 4 is 5.69 Å². The van der Waals surface area contributed by atoms with Crippen LogP contribution in [0.3, 0.4) is 0 Å². The third-order valence-electron chi connectivity index (χ3n) is 3.83. The summed E-state index contributed by atoms with van der Waals surface area (Å²) in [4.78, 5) is 6.73. The molecule has 3 rings (SSSR count). The van der Waals surface area contributed by atoms with E-state index in [-0.39, 0.29) is 0 Å². The summed E-state index contributed by atoms with van der Waals surface area (Å²) in [5.41, 5.74) is 2.63. The Hall–Kier alpha value is -1.13. The highest BCUT2D eigenvalue weighted by Crippen LogP contribution is 2.24. The molecule has 4 nitrogen and oxygen atoms in total. The lowest BCUT2D eigenvalue weighted by molar-refractivity contribution is 0.0821. The Balaban J connectivity index is 1.73. The predicted octanol–water partition coefficient (Wildman–Crippen LogP) is 1.95. The Morgan fingerprint density at radius 2 is 2.37 bits per heavy atom. The molecule has 0 amide bonds. The smallest absolute Gasteiger partial charge is 0.0721 e. The molecule has 2 heterocycles. The van der Waals surface area contributed by atoms with Crippen LogP contribution in [-0.4, -0.2) is 36.8 Å². The molecule has 1 aromatic heterocycles. The molecule has 2 fully saturated rings. The molecule has 4 heteroatoms. The second-order valence-electron chi connectivity index (χ2n) is 5.64. The van der Waals surface area contributed by atoms with Crippen molar-refractivity contribution in [3.8, 4) is 0 Å². The maximum Gasteiger partial charge on any atom is 0.0721 e. The molecule has 1 aliphatic carbocycles. The monoisotopic (exact) mass is 261 g/mol. The van der Waals surface area contributed by atoms with Crippen LogP contribution in [0, 0.1) is 0 Å². The summed E-state index contributed by atoms with van der Waals surface area (Å²) in [6, 6.07) is 2.88. The minimum absolute atomic E-state index is 0.305. The van der Waals surface area contributed by atoms with Gasteiger partial charge in [0.1, 0.15) is 0 Å². The lowest BCUT2D eigenvalue weighted by Crippen LogP contribution is -2.31. The zero-order chi connectivity index (χ0) is 13.1. The summed E-state index contributed by atoms with van der Waals surface area (Å²) in [6.45, 7) is 6.00. The molecule has 1 N–H and O–H groups in total. The van der Waals surface area contributed by atoms with Gasteiger partial charge in [0.2, 0.25) is 0 Å². The molecule has 2 aliphatic rings. The quantitative estimate of drug-likeness (QED) is 0.899. The highest BCUT2D eigenvalue weighted by Gasteiger charge is 2.22. The van der Waals surface area contributed by atoms with Gasteiger partial charge in [0.05, 0.1) is 6.10 Å². The number of hydrogen-bond acceptors (Lipinski definition) is 4. The van der Waals surface area contributed by atoms with Crippen molar-refractivity contribution in [1.82, 2.24) is 10.3 Å². The molecule has 104 valence electrons. The van der Waals surface area contributed by atoms with Crippen LogP contribution in [0.4, 0.5) is 5.69 Å². The van der Waals surface area contributed by atoms with Crippen LogP contribution in [0.5, 0.6) is 0 Å². The molecule has 1 aromatic rings. The number of aromatic nitrogens is 1. The first-order chi connectivity index (χ1) is 9.33. The number of nitrogens with zero attached hydrogens (tertiary/aromatic N) is 2. The largest absolute Gasteiger partial charge is 0.377 e. The van der Waals surface area contributed by atoms with Crippen molar-refractivity contribution < 1.29 is 4.74 Å². The van der Waals surface area contributed by atoms with E-state index in [0.29, 0.717) is 6.10 Å². The molecule has 1 saturated heterocycles. The number of hydrogen-bond donors (Lipinski definition) is 1. The molecule has 1 saturated carbocycles. The molecule has 0 spiro atoms. The third kappa shape index (κ3) is 3.45. The molecular weight excluding hydrogens is 238 g/mol. The average Bonchev–Trinajstić information content (AvgIpc) is 3.24. The number of ether oxygens (including phenoxy) is 1. The van der Waals surface area contributed by atoms with E-state index in [1.54, 1.807) is 0 Å². The summed E-state index contributed by atoms with van der Waals surface area (Å²) in [5, 5.41) is 3.58. The molecule has 1 atom stereocenters. The molecule has 0 aromatic carbocycles. The van der Waals surface area contributed by atoms with Crippen LogP contribution in [0.2, 0.25) is 0 Å².